The number of nitrogens with one attached hydrogen (secondary N) is 1. The molecule has 8 heteroatoms. The van der Waals surface area contributed by atoms with Crippen molar-refractivity contribution in [3.63, 3.8) is 0 Å². The van der Waals surface area contributed by atoms with Crippen LogP contribution in [0.15, 0.2) is 66.9 Å². The molecule has 0 fully saturated rings. The van der Waals surface area contributed by atoms with Gasteiger partial charge in [0.15, 0.2) is 0 Å². The summed E-state index contributed by atoms with van der Waals surface area (Å²) in [5.74, 6) is -0.648. The zero-order valence-corrected chi connectivity index (χ0v) is 16.4. The van der Waals surface area contributed by atoms with E-state index < -0.39 is 23.2 Å². The SMILES string of the molecule is Cc1ccc(NC(=O)c2ccccc2C(F)(F)F)cc1-c1ccc2nc(N)ncc2c1. The molecule has 1 heterocycles. The Balaban J connectivity index is 1.68. The van der Waals surface area contributed by atoms with E-state index >= 15 is 0 Å². The van der Waals surface area contributed by atoms with Crippen LogP contribution in [-0.2, 0) is 6.18 Å². The van der Waals surface area contributed by atoms with Crippen molar-refractivity contribution in [3.8, 4) is 11.1 Å². The molecule has 0 radical (unpaired) electrons. The fourth-order valence-corrected chi connectivity index (χ4v) is 3.35. The fourth-order valence-electron chi connectivity index (χ4n) is 3.35. The number of hydrogen-bond donors (Lipinski definition) is 2. The van der Waals surface area contributed by atoms with Crippen LogP contribution in [0.1, 0.15) is 21.5 Å². The molecule has 4 rings (SSSR count). The van der Waals surface area contributed by atoms with Crippen molar-refractivity contribution in [2.45, 2.75) is 13.1 Å². The summed E-state index contributed by atoms with van der Waals surface area (Å²) in [6.45, 7) is 1.91. The van der Waals surface area contributed by atoms with Gasteiger partial charge in [0.2, 0.25) is 5.95 Å². The highest BCUT2D eigenvalue weighted by atomic mass is 19.4. The van der Waals surface area contributed by atoms with Gasteiger partial charge in [-0.2, -0.15) is 13.2 Å². The van der Waals surface area contributed by atoms with Gasteiger partial charge in [-0.05, 0) is 60.0 Å². The van der Waals surface area contributed by atoms with Gasteiger partial charge in [0.1, 0.15) is 0 Å². The minimum absolute atomic E-state index is 0.181. The molecular weight excluding hydrogens is 405 g/mol. The van der Waals surface area contributed by atoms with Crippen LogP contribution >= 0.6 is 0 Å². The molecule has 156 valence electrons. The third kappa shape index (κ3) is 4.18. The number of alkyl halides is 3. The Morgan fingerprint density at radius 1 is 1.03 bits per heavy atom. The third-order valence-corrected chi connectivity index (χ3v) is 4.88. The molecule has 5 nitrogen and oxygen atoms in total. The Labute approximate surface area is 175 Å². The summed E-state index contributed by atoms with van der Waals surface area (Å²) in [5, 5.41) is 3.36. The normalized spacial score (nSPS) is 11.5. The minimum atomic E-state index is -4.62. The lowest BCUT2D eigenvalue weighted by Gasteiger charge is -2.14. The van der Waals surface area contributed by atoms with E-state index in [0.717, 1.165) is 34.2 Å². The molecule has 3 aromatic carbocycles. The highest BCUT2D eigenvalue weighted by Gasteiger charge is 2.34. The van der Waals surface area contributed by atoms with Gasteiger partial charge in [0, 0.05) is 17.3 Å². The molecule has 0 saturated heterocycles. The Bertz CT molecular complexity index is 1300. The second-order valence-electron chi connectivity index (χ2n) is 7.03. The van der Waals surface area contributed by atoms with Crippen molar-refractivity contribution >= 4 is 28.4 Å². The van der Waals surface area contributed by atoms with E-state index in [0.29, 0.717) is 11.2 Å². The summed E-state index contributed by atoms with van der Waals surface area (Å²) in [6, 6.07) is 15.4. The van der Waals surface area contributed by atoms with Gasteiger partial charge >= 0.3 is 6.18 Å². The lowest BCUT2D eigenvalue weighted by Crippen LogP contribution is -2.18. The number of anilines is 2. The summed E-state index contributed by atoms with van der Waals surface area (Å²) in [5.41, 5.74) is 7.89. The molecule has 0 bridgehead atoms. The lowest BCUT2D eigenvalue weighted by atomic mass is 9.98. The molecule has 0 unspecified atom stereocenters. The summed E-state index contributed by atoms with van der Waals surface area (Å²) < 4.78 is 39.7. The standard InChI is InChI=1S/C23H17F3N4O/c1-13-6-8-16(29-21(31)17-4-2-3-5-19(17)23(24,25)26)11-18(13)14-7-9-20-15(10-14)12-28-22(27)30-20/h2-12H,1H3,(H,29,31)(H2,27,28,30). The first-order valence-corrected chi connectivity index (χ1v) is 9.33. The molecule has 31 heavy (non-hydrogen) atoms. The fraction of sp³-hybridized carbons (Fsp3) is 0.0870. The van der Waals surface area contributed by atoms with Crippen molar-refractivity contribution in [1.29, 1.82) is 0 Å². The van der Waals surface area contributed by atoms with E-state index in [4.69, 9.17) is 5.73 Å². The second kappa shape index (κ2) is 7.71. The number of amides is 1. The van der Waals surface area contributed by atoms with Crippen molar-refractivity contribution in [3.05, 3.63) is 83.6 Å². The largest absolute Gasteiger partial charge is 0.417 e. The molecule has 1 amide bonds. The summed E-state index contributed by atoms with van der Waals surface area (Å²) >= 11 is 0. The van der Waals surface area contributed by atoms with Gasteiger partial charge in [-0.25, -0.2) is 9.97 Å². The topological polar surface area (TPSA) is 80.9 Å². The molecule has 0 atom stereocenters. The van der Waals surface area contributed by atoms with E-state index in [1.54, 1.807) is 24.4 Å². The molecule has 0 spiro atoms. The number of aryl methyl sites for hydroxylation is 1. The van der Waals surface area contributed by atoms with E-state index in [-0.39, 0.29) is 5.95 Å². The zero-order chi connectivity index (χ0) is 22.2. The third-order valence-electron chi connectivity index (χ3n) is 4.88. The number of nitrogen functional groups attached to an aromatic ring is 1. The highest BCUT2D eigenvalue weighted by molar-refractivity contribution is 6.05. The molecule has 0 aliphatic carbocycles. The van der Waals surface area contributed by atoms with Crippen LogP contribution < -0.4 is 11.1 Å². The first-order valence-electron chi connectivity index (χ1n) is 9.33. The maximum Gasteiger partial charge on any atom is 0.417 e. The number of nitrogens with zero attached hydrogens (tertiary/aromatic N) is 2. The van der Waals surface area contributed by atoms with E-state index in [1.165, 1.54) is 12.1 Å². The number of hydrogen-bond acceptors (Lipinski definition) is 4. The first-order chi connectivity index (χ1) is 14.7. The van der Waals surface area contributed by atoms with Crippen LogP contribution in [0.25, 0.3) is 22.0 Å². The quantitative estimate of drug-likeness (QED) is 0.460. The number of benzene rings is 3. The molecule has 3 N–H and O–H groups in total. The van der Waals surface area contributed by atoms with Crippen LogP contribution in [0.2, 0.25) is 0 Å². The van der Waals surface area contributed by atoms with Crippen LogP contribution in [-0.4, -0.2) is 15.9 Å². The molecular formula is C23H17F3N4O. The average Bonchev–Trinajstić information content (AvgIpc) is 2.74. The molecule has 4 aromatic rings. The maximum atomic E-state index is 13.2. The molecule has 0 saturated carbocycles. The number of fused-ring (bicyclic) bond motifs is 1. The van der Waals surface area contributed by atoms with Gasteiger partial charge in [0.25, 0.3) is 5.91 Å². The van der Waals surface area contributed by atoms with Crippen molar-refractivity contribution < 1.29 is 18.0 Å². The van der Waals surface area contributed by atoms with Gasteiger partial charge in [-0.3, -0.25) is 4.79 Å². The van der Waals surface area contributed by atoms with Crippen LogP contribution in [0.3, 0.4) is 0 Å². The number of nitrogens with two attached hydrogens (primary N) is 1. The maximum absolute atomic E-state index is 13.2. The zero-order valence-electron chi connectivity index (χ0n) is 16.4. The smallest absolute Gasteiger partial charge is 0.368 e. The second-order valence-corrected chi connectivity index (χ2v) is 7.03. The van der Waals surface area contributed by atoms with E-state index in [1.807, 2.05) is 25.1 Å². The van der Waals surface area contributed by atoms with E-state index in [2.05, 4.69) is 15.3 Å². The van der Waals surface area contributed by atoms with Crippen molar-refractivity contribution in [2.75, 3.05) is 11.1 Å². The predicted octanol–water partition coefficient (Wildman–Crippen LogP) is 5.46. The Hall–Kier alpha value is -3.94. The number of carbonyl (C=O) groups is 1. The summed E-state index contributed by atoms with van der Waals surface area (Å²) in [6.07, 6.45) is -3.00. The summed E-state index contributed by atoms with van der Waals surface area (Å²) in [7, 11) is 0. The number of aromatic nitrogens is 2. The molecule has 0 aliphatic rings. The monoisotopic (exact) mass is 422 g/mol. The first kappa shape index (κ1) is 20.3. The lowest BCUT2D eigenvalue weighted by molar-refractivity contribution is -0.137. The van der Waals surface area contributed by atoms with Crippen molar-refractivity contribution in [1.82, 2.24) is 9.97 Å². The Morgan fingerprint density at radius 3 is 2.58 bits per heavy atom. The van der Waals surface area contributed by atoms with Crippen LogP contribution in [0.5, 0.6) is 0 Å². The van der Waals surface area contributed by atoms with Crippen molar-refractivity contribution in [2.24, 2.45) is 0 Å². The summed E-state index contributed by atoms with van der Waals surface area (Å²) in [4.78, 5) is 20.8. The average molecular weight is 422 g/mol. The molecule has 1 aromatic heterocycles. The molecule has 0 aliphatic heterocycles. The Kier molecular flexibility index (Phi) is 5.06. The minimum Gasteiger partial charge on any atom is -0.368 e. The number of carbonyl (C=O) groups excluding carboxylic acids is 1. The Morgan fingerprint density at radius 2 is 1.81 bits per heavy atom. The van der Waals surface area contributed by atoms with E-state index in [9.17, 15) is 18.0 Å². The van der Waals surface area contributed by atoms with Crippen LogP contribution in [0, 0.1) is 6.92 Å². The van der Waals surface area contributed by atoms with Gasteiger partial charge in [0.05, 0.1) is 16.6 Å². The highest BCUT2D eigenvalue weighted by Crippen LogP contribution is 2.33. The van der Waals surface area contributed by atoms with Crippen LogP contribution in [0.4, 0.5) is 24.8 Å². The number of rotatable bonds is 3. The predicted molar refractivity (Wildman–Crippen MR) is 114 cm³/mol. The van der Waals surface area contributed by atoms with Gasteiger partial charge < -0.3 is 11.1 Å². The number of halogens is 3. The van der Waals surface area contributed by atoms with Gasteiger partial charge in [-0.15, -0.1) is 0 Å². The van der Waals surface area contributed by atoms with Gasteiger partial charge in [-0.1, -0.05) is 24.3 Å².